The molecular formula is C15H25N3O3. The molecule has 0 bridgehead atoms. The van der Waals surface area contributed by atoms with E-state index in [1.807, 2.05) is 7.05 Å². The number of nitrogens with zero attached hydrogens (tertiary/aromatic N) is 3. The van der Waals surface area contributed by atoms with Crippen LogP contribution in [0.3, 0.4) is 0 Å². The number of aliphatic carboxylic acids is 1. The first-order valence-electron chi connectivity index (χ1n) is 7.68. The van der Waals surface area contributed by atoms with Gasteiger partial charge in [-0.15, -0.1) is 0 Å². The van der Waals surface area contributed by atoms with Gasteiger partial charge in [-0.1, -0.05) is 6.08 Å². The maximum atomic E-state index is 12.2. The maximum Gasteiger partial charge on any atom is 0.304 e. The van der Waals surface area contributed by atoms with E-state index in [4.69, 9.17) is 5.11 Å². The van der Waals surface area contributed by atoms with Crippen LogP contribution in [0.25, 0.3) is 0 Å². The molecule has 1 aliphatic heterocycles. The molecule has 0 unspecified atom stereocenters. The van der Waals surface area contributed by atoms with E-state index in [0.717, 1.165) is 51.1 Å². The van der Waals surface area contributed by atoms with Crippen LogP contribution in [0.1, 0.15) is 25.7 Å². The molecule has 0 radical (unpaired) electrons. The largest absolute Gasteiger partial charge is 0.481 e. The molecule has 2 aliphatic rings. The summed E-state index contributed by atoms with van der Waals surface area (Å²) < 4.78 is 0. The van der Waals surface area contributed by atoms with Gasteiger partial charge in [0, 0.05) is 45.5 Å². The number of carboxylic acid groups (broad SMARTS) is 1. The number of amides is 1. The fourth-order valence-corrected chi connectivity index (χ4v) is 2.84. The van der Waals surface area contributed by atoms with Gasteiger partial charge in [-0.25, -0.2) is 0 Å². The normalized spacial score (nSPS) is 20.3. The molecule has 0 spiro atoms. The maximum absolute atomic E-state index is 12.2. The minimum Gasteiger partial charge on any atom is -0.481 e. The highest BCUT2D eigenvalue weighted by Gasteiger charge is 2.22. The summed E-state index contributed by atoms with van der Waals surface area (Å²) in [6, 6.07) is 0. The van der Waals surface area contributed by atoms with Gasteiger partial charge in [-0.3, -0.25) is 14.5 Å². The first-order valence-corrected chi connectivity index (χ1v) is 7.68. The van der Waals surface area contributed by atoms with Crippen LogP contribution in [0, 0.1) is 0 Å². The van der Waals surface area contributed by atoms with Crippen LogP contribution < -0.4 is 0 Å². The van der Waals surface area contributed by atoms with Crippen molar-refractivity contribution >= 4 is 11.9 Å². The number of hydrogen-bond acceptors (Lipinski definition) is 4. The van der Waals surface area contributed by atoms with E-state index in [1.54, 1.807) is 4.90 Å². The molecule has 0 saturated carbocycles. The number of carbonyl (C=O) groups excluding carboxylic acids is 1. The van der Waals surface area contributed by atoms with Crippen LogP contribution in [0.4, 0.5) is 0 Å². The summed E-state index contributed by atoms with van der Waals surface area (Å²) in [4.78, 5) is 28.9. The predicted octanol–water partition coefficient (Wildman–Crippen LogP) is 0.605. The van der Waals surface area contributed by atoms with Crippen molar-refractivity contribution in [2.75, 3.05) is 46.3 Å². The van der Waals surface area contributed by atoms with Gasteiger partial charge in [-0.05, 0) is 19.3 Å². The molecule has 1 fully saturated rings. The smallest absolute Gasteiger partial charge is 0.304 e. The molecule has 21 heavy (non-hydrogen) atoms. The number of piperazine rings is 1. The molecule has 0 atom stereocenters. The van der Waals surface area contributed by atoms with Crippen LogP contribution >= 0.6 is 0 Å². The van der Waals surface area contributed by atoms with Gasteiger partial charge in [0.25, 0.3) is 0 Å². The van der Waals surface area contributed by atoms with Crippen molar-refractivity contribution in [3.63, 3.8) is 0 Å². The molecular weight excluding hydrogens is 270 g/mol. The molecule has 118 valence electrons. The quantitative estimate of drug-likeness (QED) is 0.777. The highest BCUT2D eigenvalue weighted by molar-refractivity contribution is 5.79. The Morgan fingerprint density at radius 2 is 1.90 bits per heavy atom. The van der Waals surface area contributed by atoms with Gasteiger partial charge in [-0.2, -0.15) is 0 Å². The standard InChI is InChI=1S/C15H25N3O3/c1-16(13-4-2-3-5-13)14(19)12-18-10-8-17(9-11-18)7-6-15(20)21/h4H,2-3,5-12H2,1H3,(H,20,21). The van der Waals surface area contributed by atoms with E-state index in [-0.39, 0.29) is 12.3 Å². The summed E-state index contributed by atoms with van der Waals surface area (Å²) in [5.74, 6) is -0.596. The first kappa shape index (κ1) is 16.0. The van der Waals surface area contributed by atoms with Crippen molar-refractivity contribution in [2.45, 2.75) is 25.7 Å². The Labute approximate surface area is 126 Å². The molecule has 1 heterocycles. The molecule has 6 nitrogen and oxygen atoms in total. The molecule has 0 aromatic rings. The molecule has 0 aromatic carbocycles. The van der Waals surface area contributed by atoms with Crippen molar-refractivity contribution in [3.8, 4) is 0 Å². The number of carbonyl (C=O) groups is 2. The average Bonchev–Trinajstić information content (AvgIpc) is 2.99. The van der Waals surface area contributed by atoms with Gasteiger partial charge in [0.05, 0.1) is 13.0 Å². The van der Waals surface area contributed by atoms with Crippen LogP contribution in [0.15, 0.2) is 11.8 Å². The summed E-state index contributed by atoms with van der Waals surface area (Å²) in [7, 11) is 1.86. The second-order valence-electron chi connectivity index (χ2n) is 5.80. The molecule has 6 heteroatoms. The average molecular weight is 295 g/mol. The molecule has 1 saturated heterocycles. The number of likely N-dealkylation sites (N-methyl/N-ethyl adjacent to an activating group) is 1. The molecule has 1 amide bonds. The van der Waals surface area contributed by atoms with E-state index >= 15 is 0 Å². The lowest BCUT2D eigenvalue weighted by Crippen LogP contribution is -2.49. The third kappa shape index (κ3) is 4.82. The van der Waals surface area contributed by atoms with Crippen molar-refractivity contribution in [2.24, 2.45) is 0 Å². The minimum atomic E-state index is -0.751. The lowest BCUT2D eigenvalue weighted by molar-refractivity contribution is -0.137. The summed E-state index contributed by atoms with van der Waals surface area (Å²) in [5.41, 5.74) is 1.15. The Balaban J connectivity index is 1.70. The number of rotatable bonds is 6. The topological polar surface area (TPSA) is 64.1 Å². The van der Waals surface area contributed by atoms with Crippen molar-refractivity contribution in [1.82, 2.24) is 14.7 Å². The van der Waals surface area contributed by atoms with Crippen molar-refractivity contribution in [1.29, 1.82) is 0 Å². The summed E-state index contributed by atoms with van der Waals surface area (Å²) in [6.45, 7) is 4.40. The van der Waals surface area contributed by atoms with Crippen molar-refractivity contribution in [3.05, 3.63) is 11.8 Å². The Bertz CT molecular complexity index is 414. The second-order valence-corrected chi connectivity index (χ2v) is 5.80. The fraction of sp³-hybridized carbons (Fsp3) is 0.733. The zero-order valence-corrected chi connectivity index (χ0v) is 12.8. The monoisotopic (exact) mass is 295 g/mol. The van der Waals surface area contributed by atoms with E-state index in [2.05, 4.69) is 15.9 Å². The SMILES string of the molecule is CN(C(=O)CN1CCN(CCC(=O)O)CC1)C1=CCCC1. The predicted molar refractivity (Wildman–Crippen MR) is 79.8 cm³/mol. The Morgan fingerprint density at radius 3 is 2.48 bits per heavy atom. The second kappa shape index (κ2) is 7.56. The number of carboxylic acids is 1. The third-order valence-corrected chi connectivity index (χ3v) is 4.29. The van der Waals surface area contributed by atoms with Crippen LogP contribution in [-0.2, 0) is 9.59 Å². The van der Waals surface area contributed by atoms with Gasteiger partial charge in [0.15, 0.2) is 0 Å². The summed E-state index contributed by atoms with van der Waals surface area (Å²) >= 11 is 0. The zero-order chi connectivity index (χ0) is 15.2. The lowest BCUT2D eigenvalue weighted by atomic mass is 10.2. The molecule has 2 rings (SSSR count). The van der Waals surface area contributed by atoms with E-state index in [0.29, 0.717) is 13.1 Å². The Kier molecular flexibility index (Phi) is 5.76. The zero-order valence-electron chi connectivity index (χ0n) is 12.8. The minimum absolute atomic E-state index is 0.155. The Hall–Kier alpha value is -1.40. The van der Waals surface area contributed by atoms with Gasteiger partial charge < -0.3 is 14.9 Å². The number of hydrogen-bond donors (Lipinski definition) is 1. The van der Waals surface area contributed by atoms with Gasteiger partial charge >= 0.3 is 5.97 Å². The van der Waals surface area contributed by atoms with Crippen molar-refractivity contribution < 1.29 is 14.7 Å². The van der Waals surface area contributed by atoms with E-state index in [9.17, 15) is 9.59 Å². The third-order valence-electron chi connectivity index (χ3n) is 4.29. The van der Waals surface area contributed by atoms with E-state index < -0.39 is 5.97 Å². The molecule has 1 aliphatic carbocycles. The molecule has 0 aromatic heterocycles. The molecule has 1 N–H and O–H groups in total. The highest BCUT2D eigenvalue weighted by Crippen LogP contribution is 2.20. The number of allylic oxidation sites excluding steroid dienone is 2. The van der Waals surface area contributed by atoms with Gasteiger partial charge in [0.1, 0.15) is 0 Å². The van der Waals surface area contributed by atoms with Crippen LogP contribution in [-0.4, -0.2) is 78.0 Å². The Morgan fingerprint density at radius 1 is 1.24 bits per heavy atom. The van der Waals surface area contributed by atoms with Gasteiger partial charge in [0.2, 0.25) is 5.91 Å². The van der Waals surface area contributed by atoms with Crippen LogP contribution in [0.5, 0.6) is 0 Å². The summed E-state index contributed by atoms with van der Waals surface area (Å²) in [5, 5.41) is 8.69. The lowest BCUT2D eigenvalue weighted by Gasteiger charge is -2.34. The highest BCUT2D eigenvalue weighted by atomic mass is 16.4. The van der Waals surface area contributed by atoms with Crippen LogP contribution in [0.2, 0.25) is 0 Å². The fourth-order valence-electron chi connectivity index (χ4n) is 2.84. The van der Waals surface area contributed by atoms with E-state index in [1.165, 1.54) is 0 Å². The first-order chi connectivity index (χ1) is 10.1. The summed E-state index contributed by atoms with van der Waals surface area (Å²) in [6.07, 6.45) is 5.58.